The van der Waals surface area contributed by atoms with Gasteiger partial charge in [-0.05, 0) is 30.3 Å². The fourth-order valence-corrected chi connectivity index (χ4v) is 3.66. The van der Waals surface area contributed by atoms with Crippen LogP contribution in [0.15, 0.2) is 48.9 Å². The molecule has 12 heteroatoms. The summed E-state index contributed by atoms with van der Waals surface area (Å²) in [7, 11) is 3.52. The molecule has 1 N–H and O–H groups in total. The highest BCUT2D eigenvalue weighted by molar-refractivity contribution is 6.31. The molecule has 0 atom stereocenters. The molecular formula is C21H15ClF3N7O. The summed E-state index contributed by atoms with van der Waals surface area (Å²) in [6.45, 7) is 0. The fourth-order valence-electron chi connectivity index (χ4n) is 3.44. The van der Waals surface area contributed by atoms with Gasteiger partial charge in [0, 0.05) is 25.8 Å². The van der Waals surface area contributed by atoms with E-state index in [0.29, 0.717) is 34.1 Å². The third kappa shape index (κ3) is 3.80. The molecule has 3 heterocycles. The van der Waals surface area contributed by atoms with Crippen molar-refractivity contribution in [2.75, 3.05) is 5.32 Å². The molecule has 0 aliphatic heterocycles. The SMILES string of the molecule is Cn1ncc2c(Oc3ccc4c(c3)nc(Nc3ccc(Cl)c(C(F)(F)F)c3)n4C)ncnc21. The number of halogens is 4. The Morgan fingerprint density at radius 2 is 1.88 bits per heavy atom. The van der Waals surface area contributed by atoms with E-state index < -0.39 is 11.7 Å². The number of alkyl halides is 3. The van der Waals surface area contributed by atoms with Gasteiger partial charge in [0.2, 0.25) is 11.8 Å². The Morgan fingerprint density at radius 3 is 2.67 bits per heavy atom. The monoisotopic (exact) mass is 473 g/mol. The highest BCUT2D eigenvalue weighted by atomic mass is 35.5. The molecule has 3 aromatic heterocycles. The van der Waals surface area contributed by atoms with Crippen molar-refractivity contribution in [2.24, 2.45) is 14.1 Å². The third-order valence-electron chi connectivity index (χ3n) is 5.09. The number of ether oxygens (including phenoxy) is 1. The van der Waals surface area contributed by atoms with Gasteiger partial charge in [-0.2, -0.15) is 18.3 Å². The molecule has 0 saturated carbocycles. The summed E-state index contributed by atoms with van der Waals surface area (Å²) in [4.78, 5) is 12.9. The van der Waals surface area contributed by atoms with Crippen molar-refractivity contribution in [3.63, 3.8) is 0 Å². The Morgan fingerprint density at radius 1 is 1.06 bits per heavy atom. The minimum absolute atomic E-state index is 0.210. The van der Waals surface area contributed by atoms with Gasteiger partial charge in [0.1, 0.15) is 17.5 Å². The van der Waals surface area contributed by atoms with E-state index in [0.717, 1.165) is 11.6 Å². The summed E-state index contributed by atoms with van der Waals surface area (Å²) >= 11 is 5.70. The minimum Gasteiger partial charge on any atom is -0.438 e. The molecule has 2 aromatic carbocycles. The first-order chi connectivity index (χ1) is 15.7. The van der Waals surface area contributed by atoms with Gasteiger partial charge in [-0.25, -0.2) is 15.0 Å². The first kappa shape index (κ1) is 21.0. The van der Waals surface area contributed by atoms with Gasteiger partial charge in [-0.3, -0.25) is 4.68 Å². The van der Waals surface area contributed by atoms with Gasteiger partial charge in [0.15, 0.2) is 5.65 Å². The Labute approximate surface area is 189 Å². The van der Waals surface area contributed by atoms with Crippen molar-refractivity contribution < 1.29 is 17.9 Å². The summed E-state index contributed by atoms with van der Waals surface area (Å²) in [5.74, 6) is 1.19. The van der Waals surface area contributed by atoms with E-state index in [1.165, 1.54) is 18.5 Å². The van der Waals surface area contributed by atoms with Crippen molar-refractivity contribution in [2.45, 2.75) is 6.18 Å². The summed E-state index contributed by atoms with van der Waals surface area (Å²) in [6.07, 6.45) is -1.55. The van der Waals surface area contributed by atoms with Crippen LogP contribution in [0.5, 0.6) is 11.6 Å². The predicted molar refractivity (Wildman–Crippen MR) is 117 cm³/mol. The largest absolute Gasteiger partial charge is 0.438 e. The van der Waals surface area contributed by atoms with E-state index in [4.69, 9.17) is 16.3 Å². The summed E-state index contributed by atoms with van der Waals surface area (Å²) in [5.41, 5.74) is 1.26. The normalized spacial score (nSPS) is 11.9. The molecule has 5 aromatic rings. The van der Waals surface area contributed by atoms with Crippen molar-refractivity contribution in [1.29, 1.82) is 0 Å². The third-order valence-corrected chi connectivity index (χ3v) is 5.42. The number of imidazole rings is 1. The maximum atomic E-state index is 13.2. The highest BCUT2D eigenvalue weighted by Gasteiger charge is 2.33. The summed E-state index contributed by atoms with van der Waals surface area (Å²) in [5, 5.41) is 7.37. The average Bonchev–Trinajstić information content (AvgIpc) is 3.29. The number of rotatable bonds is 4. The fraction of sp³-hybridized carbons (Fsp3) is 0.143. The van der Waals surface area contributed by atoms with Crippen LogP contribution in [-0.4, -0.2) is 29.3 Å². The molecular weight excluding hydrogens is 459 g/mol. The quantitative estimate of drug-likeness (QED) is 0.373. The van der Waals surface area contributed by atoms with E-state index in [-0.39, 0.29) is 10.7 Å². The molecule has 0 radical (unpaired) electrons. The zero-order valence-corrected chi connectivity index (χ0v) is 18.0. The number of benzene rings is 2. The number of fused-ring (bicyclic) bond motifs is 2. The molecule has 33 heavy (non-hydrogen) atoms. The molecule has 0 bridgehead atoms. The minimum atomic E-state index is -4.56. The number of hydrogen-bond acceptors (Lipinski definition) is 6. The van der Waals surface area contributed by atoms with Crippen LogP contribution in [-0.2, 0) is 20.3 Å². The maximum Gasteiger partial charge on any atom is 0.417 e. The zero-order valence-electron chi connectivity index (χ0n) is 17.2. The zero-order chi connectivity index (χ0) is 23.3. The standard InChI is InChI=1S/C21H15ClF3N7O/c1-31-17-6-4-12(33-19-13-9-28-32(2)18(13)26-10-27-19)8-16(17)30-20(31)29-11-3-5-15(22)14(7-11)21(23,24)25/h3-10H,1-2H3,(H,29,30). The lowest BCUT2D eigenvalue weighted by atomic mass is 10.2. The van der Waals surface area contributed by atoms with Gasteiger partial charge in [-0.15, -0.1) is 0 Å². The molecule has 5 rings (SSSR count). The lowest BCUT2D eigenvalue weighted by Crippen LogP contribution is -2.07. The number of hydrogen-bond donors (Lipinski definition) is 1. The second-order valence-electron chi connectivity index (χ2n) is 7.25. The highest BCUT2D eigenvalue weighted by Crippen LogP contribution is 2.37. The summed E-state index contributed by atoms with van der Waals surface area (Å²) in [6, 6.07) is 8.87. The smallest absolute Gasteiger partial charge is 0.417 e. The Hall–Kier alpha value is -3.86. The lowest BCUT2D eigenvalue weighted by molar-refractivity contribution is -0.137. The average molecular weight is 474 g/mol. The Balaban J connectivity index is 1.46. The molecule has 0 unspecified atom stereocenters. The topological polar surface area (TPSA) is 82.7 Å². The van der Waals surface area contributed by atoms with Gasteiger partial charge < -0.3 is 14.6 Å². The number of nitrogens with zero attached hydrogens (tertiary/aromatic N) is 6. The van der Waals surface area contributed by atoms with Gasteiger partial charge in [0.25, 0.3) is 0 Å². The van der Waals surface area contributed by atoms with Crippen molar-refractivity contribution in [3.8, 4) is 11.6 Å². The molecule has 8 nitrogen and oxygen atoms in total. The van der Waals surface area contributed by atoms with E-state index in [2.05, 4.69) is 25.4 Å². The van der Waals surface area contributed by atoms with E-state index in [9.17, 15) is 13.2 Å². The van der Waals surface area contributed by atoms with E-state index in [1.807, 2.05) is 0 Å². The van der Waals surface area contributed by atoms with Crippen LogP contribution in [0, 0.1) is 0 Å². The Bertz CT molecular complexity index is 1510. The van der Waals surface area contributed by atoms with Crippen LogP contribution in [0.3, 0.4) is 0 Å². The van der Waals surface area contributed by atoms with Crippen LogP contribution in [0.2, 0.25) is 5.02 Å². The molecule has 168 valence electrons. The first-order valence-corrected chi connectivity index (χ1v) is 9.99. The van der Waals surface area contributed by atoms with Crippen LogP contribution in [0.1, 0.15) is 5.56 Å². The second-order valence-corrected chi connectivity index (χ2v) is 7.66. The first-order valence-electron chi connectivity index (χ1n) is 9.61. The number of anilines is 2. The molecule has 0 fully saturated rings. The number of nitrogens with one attached hydrogen (secondary N) is 1. The Kier molecular flexibility index (Phi) is 4.85. The summed E-state index contributed by atoms with van der Waals surface area (Å²) < 4.78 is 48.8. The molecule has 0 amide bonds. The van der Waals surface area contributed by atoms with Crippen molar-refractivity contribution >= 4 is 45.3 Å². The van der Waals surface area contributed by atoms with Gasteiger partial charge in [-0.1, -0.05) is 11.6 Å². The number of aromatic nitrogens is 6. The van der Waals surface area contributed by atoms with Gasteiger partial charge >= 0.3 is 6.18 Å². The molecule has 0 aliphatic carbocycles. The molecule has 0 spiro atoms. The van der Waals surface area contributed by atoms with Crippen LogP contribution >= 0.6 is 11.6 Å². The van der Waals surface area contributed by atoms with E-state index >= 15 is 0 Å². The predicted octanol–water partition coefficient (Wildman–Crippen LogP) is 5.46. The molecule has 0 saturated heterocycles. The van der Waals surface area contributed by atoms with Crippen molar-refractivity contribution in [3.05, 3.63) is 59.5 Å². The van der Waals surface area contributed by atoms with Crippen LogP contribution in [0.25, 0.3) is 22.1 Å². The van der Waals surface area contributed by atoms with Crippen molar-refractivity contribution in [1.82, 2.24) is 29.3 Å². The maximum absolute atomic E-state index is 13.2. The van der Waals surface area contributed by atoms with Crippen LogP contribution in [0.4, 0.5) is 24.8 Å². The molecule has 0 aliphatic rings. The van der Waals surface area contributed by atoms with Crippen LogP contribution < -0.4 is 10.1 Å². The van der Waals surface area contributed by atoms with Gasteiger partial charge in [0.05, 0.1) is 27.8 Å². The second kappa shape index (κ2) is 7.62. The van der Waals surface area contributed by atoms with E-state index in [1.54, 1.807) is 47.7 Å². The lowest BCUT2D eigenvalue weighted by Gasteiger charge is -2.12. The number of aryl methyl sites for hydroxylation is 2.